The number of Topliss-reactive ketones (excluding diaryl/α,β-unsaturated/α-hetero) is 1. The van der Waals surface area contributed by atoms with Crippen LogP contribution in [0, 0.1) is 12.8 Å². The molecule has 0 bridgehead atoms. The first-order valence-electron chi connectivity index (χ1n) is 12.4. The highest BCUT2D eigenvalue weighted by Gasteiger charge is 2.31. The number of ketones is 1. The average molecular weight is 556 g/mol. The number of thiazole rings is 1. The molecule has 0 aliphatic heterocycles. The summed E-state index contributed by atoms with van der Waals surface area (Å²) in [5.41, 5.74) is 2.51. The van der Waals surface area contributed by atoms with Crippen LogP contribution in [0.15, 0.2) is 48.8 Å². The molecule has 204 valence electrons. The normalized spacial score (nSPS) is 11.7. The number of amides is 1. The minimum Gasteiger partial charge on any atom is -0.302 e. The zero-order valence-corrected chi connectivity index (χ0v) is 22.8. The molecule has 0 saturated heterocycles. The van der Waals surface area contributed by atoms with Crippen LogP contribution in [-0.4, -0.2) is 31.7 Å². The van der Waals surface area contributed by atoms with Crippen LogP contribution >= 0.6 is 11.3 Å². The Kier molecular flexibility index (Phi) is 8.29. The van der Waals surface area contributed by atoms with Crippen molar-refractivity contribution in [2.45, 2.75) is 53.1 Å². The molecule has 0 aliphatic rings. The maximum Gasteiger partial charge on any atom is 0.416 e. The molecule has 1 amide bonds. The Morgan fingerprint density at radius 3 is 2.56 bits per heavy atom. The number of aryl methyl sites for hydroxylation is 2. The third kappa shape index (κ3) is 7.17. The monoisotopic (exact) mass is 555 g/mol. The van der Waals surface area contributed by atoms with E-state index in [-0.39, 0.29) is 17.9 Å². The fraction of sp³-hybridized carbons (Fsp3) is 0.321. The van der Waals surface area contributed by atoms with E-state index >= 15 is 0 Å². The summed E-state index contributed by atoms with van der Waals surface area (Å²) in [5.74, 6) is -0.285. The highest BCUT2D eigenvalue weighted by Crippen LogP contribution is 2.32. The van der Waals surface area contributed by atoms with Crippen LogP contribution in [0.1, 0.15) is 59.8 Å². The van der Waals surface area contributed by atoms with Crippen molar-refractivity contribution in [2.75, 3.05) is 5.32 Å². The second kappa shape index (κ2) is 11.5. The number of hydrogen-bond donors (Lipinski definition) is 1. The number of carbonyl (C=O) groups is 2. The first-order valence-corrected chi connectivity index (χ1v) is 13.2. The van der Waals surface area contributed by atoms with E-state index in [9.17, 15) is 22.8 Å². The number of anilines is 1. The van der Waals surface area contributed by atoms with Crippen molar-refractivity contribution < 1.29 is 22.8 Å². The number of hydrogen-bond acceptors (Lipinski definition) is 6. The third-order valence-electron chi connectivity index (χ3n) is 6.07. The fourth-order valence-electron chi connectivity index (χ4n) is 4.01. The van der Waals surface area contributed by atoms with Crippen LogP contribution < -0.4 is 5.32 Å². The smallest absolute Gasteiger partial charge is 0.302 e. The fourth-order valence-corrected chi connectivity index (χ4v) is 4.82. The van der Waals surface area contributed by atoms with Crippen molar-refractivity contribution in [1.29, 1.82) is 0 Å². The highest BCUT2D eigenvalue weighted by atomic mass is 32.1. The Balaban J connectivity index is 1.57. The van der Waals surface area contributed by atoms with Crippen molar-refractivity contribution in [3.8, 4) is 16.3 Å². The van der Waals surface area contributed by atoms with E-state index in [2.05, 4.69) is 20.6 Å². The molecule has 39 heavy (non-hydrogen) atoms. The topological polar surface area (TPSA) is 89.8 Å². The van der Waals surface area contributed by atoms with Crippen molar-refractivity contribution in [2.24, 2.45) is 5.92 Å². The maximum absolute atomic E-state index is 13.6. The van der Waals surface area contributed by atoms with E-state index in [1.165, 1.54) is 18.3 Å². The second-order valence-corrected chi connectivity index (χ2v) is 10.9. The predicted molar refractivity (Wildman–Crippen MR) is 144 cm³/mol. The molecule has 2 aromatic carbocycles. The number of nitrogens with one attached hydrogen (secondary N) is 1. The van der Waals surface area contributed by atoms with E-state index in [1.807, 2.05) is 26.8 Å². The lowest BCUT2D eigenvalue weighted by atomic mass is 9.95. The lowest BCUT2D eigenvalue weighted by Crippen LogP contribution is -2.11. The molecular formula is C28H28F3N5O2S. The summed E-state index contributed by atoms with van der Waals surface area (Å²) in [4.78, 5) is 29.3. The van der Waals surface area contributed by atoms with Crippen LogP contribution in [0.25, 0.3) is 16.3 Å². The zero-order valence-electron chi connectivity index (χ0n) is 22.0. The van der Waals surface area contributed by atoms with Gasteiger partial charge in [0.2, 0.25) is 5.91 Å². The summed E-state index contributed by atoms with van der Waals surface area (Å²) in [6, 6.07) is 9.04. The Morgan fingerprint density at radius 1 is 1.10 bits per heavy atom. The van der Waals surface area contributed by atoms with Gasteiger partial charge in [-0.2, -0.15) is 13.2 Å². The molecule has 4 aromatic rings. The summed E-state index contributed by atoms with van der Waals surface area (Å²) >= 11 is 1.26. The Morgan fingerprint density at radius 2 is 1.87 bits per heavy atom. The van der Waals surface area contributed by atoms with Gasteiger partial charge in [0.15, 0.2) is 10.9 Å². The van der Waals surface area contributed by atoms with Gasteiger partial charge < -0.3 is 5.32 Å². The Labute approximate surface area is 228 Å². The van der Waals surface area contributed by atoms with Gasteiger partial charge in [0.1, 0.15) is 5.69 Å². The first kappa shape index (κ1) is 28.2. The number of nitrogens with zero attached hydrogens (tertiary/aromatic N) is 4. The predicted octanol–water partition coefficient (Wildman–Crippen LogP) is 6.69. The molecule has 0 spiro atoms. The van der Waals surface area contributed by atoms with Gasteiger partial charge in [0.05, 0.1) is 22.3 Å². The quantitative estimate of drug-likeness (QED) is 0.233. The molecule has 7 nitrogen and oxygen atoms in total. The molecule has 2 heterocycles. The Bertz CT molecular complexity index is 1510. The van der Waals surface area contributed by atoms with Gasteiger partial charge in [-0.3, -0.25) is 9.59 Å². The van der Waals surface area contributed by atoms with Crippen molar-refractivity contribution >= 4 is 28.2 Å². The lowest BCUT2D eigenvalue weighted by molar-refractivity contribution is -0.137. The zero-order chi connectivity index (χ0) is 28.3. The van der Waals surface area contributed by atoms with E-state index in [4.69, 9.17) is 0 Å². The summed E-state index contributed by atoms with van der Waals surface area (Å²) in [6.07, 6.45) is -0.0899. The van der Waals surface area contributed by atoms with Gasteiger partial charge in [0, 0.05) is 25.1 Å². The van der Waals surface area contributed by atoms with Gasteiger partial charge >= 0.3 is 6.18 Å². The molecule has 0 aliphatic carbocycles. The molecule has 11 heteroatoms. The lowest BCUT2D eigenvalue weighted by Gasteiger charge is -2.13. The molecule has 4 rings (SSSR count). The van der Waals surface area contributed by atoms with E-state index < -0.39 is 17.5 Å². The van der Waals surface area contributed by atoms with Crippen LogP contribution in [0.5, 0.6) is 0 Å². The molecule has 0 atom stereocenters. The van der Waals surface area contributed by atoms with Gasteiger partial charge in [-0.05, 0) is 66.6 Å². The number of carbonyl (C=O) groups excluding carboxylic acids is 2. The highest BCUT2D eigenvalue weighted by molar-refractivity contribution is 7.19. The van der Waals surface area contributed by atoms with Crippen molar-refractivity contribution in [3.05, 3.63) is 76.6 Å². The number of halogens is 3. The average Bonchev–Trinajstić information content (AvgIpc) is 3.52. The van der Waals surface area contributed by atoms with Gasteiger partial charge in [-0.1, -0.05) is 42.5 Å². The van der Waals surface area contributed by atoms with E-state index in [1.54, 1.807) is 35.3 Å². The van der Waals surface area contributed by atoms with E-state index in [0.717, 1.165) is 24.1 Å². The molecule has 1 N–H and O–H groups in total. The minimum atomic E-state index is -4.54. The Hall–Kier alpha value is -3.86. The van der Waals surface area contributed by atoms with Crippen LogP contribution in [-0.2, 0) is 23.8 Å². The molecule has 0 unspecified atom stereocenters. The molecule has 0 saturated carbocycles. The first-order chi connectivity index (χ1) is 18.4. The summed E-state index contributed by atoms with van der Waals surface area (Å²) in [7, 11) is 0. The number of benzene rings is 2. The number of alkyl halides is 3. The van der Waals surface area contributed by atoms with Crippen molar-refractivity contribution in [3.63, 3.8) is 0 Å². The van der Waals surface area contributed by atoms with Crippen LogP contribution in [0.2, 0.25) is 0 Å². The molecule has 0 fully saturated rings. The molecular weight excluding hydrogens is 527 g/mol. The summed E-state index contributed by atoms with van der Waals surface area (Å²) < 4.78 is 42.2. The molecule has 0 radical (unpaired) electrons. The van der Waals surface area contributed by atoms with Crippen LogP contribution in [0.3, 0.4) is 0 Å². The standard InChI is InChI=1S/C28H28F3N5O2S/c1-16(2)5-7-19-9-21(13-22(10-19)28(29,30)31)25(38)12-20-8-6-17(3)24(11-20)36-15-23(34-35-36)26-14-32-27(39-26)33-18(4)37/h6,8-11,13-16H,5,7,12H2,1-4H3,(H,32,33,37). The van der Waals surface area contributed by atoms with E-state index in [0.29, 0.717) is 44.9 Å². The second-order valence-electron chi connectivity index (χ2n) is 9.83. The maximum atomic E-state index is 13.6. The number of aromatic nitrogens is 4. The number of rotatable bonds is 9. The summed E-state index contributed by atoms with van der Waals surface area (Å²) in [5, 5.41) is 11.5. The SMILES string of the molecule is CC(=O)Nc1ncc(-c2cn(-c3cc(CC(=O)c4cc(CCC(C)C)cc(C(F)(F)F)c4)ccc3C)nn2)s1. The van der Waals surface area contributed by atoms with Gasteiger partial charge in [-0.15, -0.1) is 5.10 Å². The summed E-state index contributed by atoms with van der Waals surface area (Å²) in [6.45, 7) is 7.30. The van der Waals surface area contributed by atoms with Crippen molar-refractivity contribution in [1.82, 2.24) is 20.0 Å². The largest absolute Gasteiger partial charge is 0.416 e. The van der Waals surface area contributed by atoms with Gasteiger partial charge in [-0.25, -0.2) is 9.67 Å². The third-order valence-corrected chi connectivity index (χ3v) is 7.01. The minimum absolute atomic E-state index is 0.0499. The van der Waals surface area contributed by atoms with Crippen LogP contribution in [0.4, 0.5) is 18.3 Å². The van der Waals surface area contributed by atoms with Gasteiger partial charge in [0.25, 0.3) is 0 Å². The molecule has 2 aromatic heterocycles.